The smallest absolute Gasteiger partial charge is 0.410 e. The van der Waals surface area contributed by atoms with Gasteiger partial charge in [0, 0.05) is 42.8 Å². The molecule has 3 aromatic heterocycles. The van der Waals surface area contributed by atoms with Crippen molar-refractivity contribution in [2.45, 2.75) is 33.3 Å². The Morgan fingerprint density at radius 3 is 2.40 bits per heavy atom. The molecule has 6 rings (SSSR count). The number of nitrogens with zero attached hydrogens (tertiary/aromatic N) is 5. The van der Waals surface area contributed by atoms with E-state index in [9.17, 15) is 9.90 Å². The Bertz CT molecular complexity index is 1840. The Hall–Kier alpha value is -5.30. The lowest BCUT2D eigenvalue weighted by molar-refractivity contribution is 0.0240. The van der Waals surface area contributed by atoms with Gasteiger partial charge in [-0.15, -0.1) is 0 Å². The molecule has 0 saturated carbocycles. The summed E-state index contributed by atoms with van der Waals surface area (Å²) in [5.41, 5.74) is 5.41. The van der Waals surface area contributed by atoms with E-state index >= 15 is 0 Å². The van der Waals surface area contributed by atoms with Gasteiger partial charge in [-0.2, -0.15) is 5.10 Å². The Labute approximate surface area is 249 Å². The molecule has 10 nitrogen and oxygen atoms in total. The average molecular weight is 577 g/mol. The Balaban J connectivity index is 1.39. The first-order valence-electron chi connectivity index (χ1n) is 14.1. The van der Waals surface area contributed by atoms with Gasteiger partial charge in [0.15, 0.2) is 11.4 Å². The number of aromatic amines is 1. The number of aromatic hydroxyl groups is 1. The first-order valence-corrected chi connectivity index (χ1v) is 14.1. The van der Waals surface area contributed by atoms with Gasteiger partial charge in [0.1, 0.15) is 17.0 Å². The molecule has 0 spiro atoms. The Kier molecular flexibility index (Phi) is 7.02. The van der Waals surface area contributed by atoms with Crippen LogP contribution in [0.25, 0.3) is 49.7 Å². The topological polar surface area (TPSA) is 112 Å². The second-order valence-corrected chi connectivity index (χ2v) is 11.6. The van der Waals surface area contributed by atoms with Crippen LogP contribution in [0.2, 0.25) is 0 Å². The minimum Gasteiger partial charge on any atom is -0.508 e. The van der Waals surface area contributed by atoms with Crippen molar-refractivity contribution in [3.8, 4) is 39.6 Å². The zero-order chi connectivity index (χ0) is 30.3. The van der Waals surface area contributed by atoms with Crippen molar-refractivity contribution in [2.75, 3.05) is 31.1 Å². The molecule has 0 bridgehead atoms. The van der Waals surface area contributed by atoms with Gasteiger partial charge in [-0.3, -0.25) is 5.10 Å². The number of pyridine rings is 1. The van der Waals surface area contributed by atoms with Gasteiger partial charge in [0.05, 0.1) is 18.5 Å². The third-order valence-electron chi connectivity index (χ3n) is 7.47. The van der Waals surface area contributed by atoms with E-state index in [4.69, 9.17) is 20.7 Å². The number of ether oxygens (including phenoxy) is 1. The van der Waals surface area contributed by atoms with Crippen LogP contribution < -0.4 is 4.90 Å². The number of H-pyrrole nitrogens is 1. The number of aromatic nitrogens is 3. The fourth-order valence-electron chi connectivity index (χ4n) is 5.35. The number of aryl methyl sites for hydroxylation is 1. The highest BCUT2D eigenvalue weighted by Crippen LogP contribution is 2.46. The molecule has 218 valence electrons. The fraction of sp³-hybridized carbons (Fsp3) is 0.273. The second kappa shape index (κ2) is 10.8. The van der Waals surface area contributed by atoms with Crippen LogP contribution in [-0.2, 0) is 4.74 Å². The van der Waals surface area contributed by atoms with Crippen LogP contribution in [0.4, 0.5) is 16.2 Å². The molecule has 1 amide bonds. The van der Waals surface area contributed by atoms with E-state index < -0.39 is 5.60 Å². The van der Waals surface area contributed by atoms with Crippen molar-refractivity contribution in [1.82, 2.24) is 20.1 Å². The second-order valence-electron chi connectivity index (χ2n) is 11.6. The van der Waals surface area contributed by atoms with Gasteiger partial charge in [-0.05, 0) is 80.8 Å². The number of amides is 1. The molecule has 0 aliphatic carbocycles. The highest BCUT2D eigenvalue weighted by molar-refractivity contribution is 6.10. The van der Waals surface area contributed by atoms with E-state index in [-0.39, 0.29) is 11.8 Å². The summed E-state index contributed by atoms with van der Waals surface area (Å²) in [4.78, 5) is 25.3. The zero-order valence-electron chi connectivity index (χ0n) is 24.5. The Morgan fingerprint density at radius 1 is 1.05 bits per heavy atom. The summed E-state index contributed by atoms with van der Waals surface area (Å²) in [7, 11) is 0. The number of fused-ring (bicyclic) bond motifs is 1. The minimum absolute atomic E-state index is 0.179. The summed E-state index contributed by atoms with van der Waals surface area (Å²) in [6.45, 7) is 18.2. The van der Waals surface area contributed by atoms with Gasteiger partial charge in [0.2, 0.25) is 5.69 Å². The minimum atomic E-state index is -0.528. The third-order valence-corrected chi connectivity index (χ3v) is 7.47. The maximum Gasteiger partial charge on any atom is 0.410 e. The van der Waals surface area contributed by atoms with Crippen molar-refractivity contribution >= 4 is 28.5 Å². The maximum absolute atomic E-state index is 12.5. The van der Waals surface area contributed by atoms with E-state index in [1.165, 1.54) is 0 Å². The third kappa shape index (κ3) is 5.37. The predicted octanol–water partition coefficient (Wildman–Crippen LogP) is 7.17. The average Bonchev–Trinajstić information content (AvgIpc) is 3.67. The molecule has 10 heteroatoms. The van der Waals surface area contributed by atoms with Gasteiger partial charge in [-0.1, -0.05) is 18.2 Å². The summed E-state index contributed by atoms with van der Waals surface area (Å²) < 4.78 is 11.2. The monoisotopic (exact) mass is 576 g/mol. The molecule has 0 atom stereocenters. The number of phenolic OH excluding ortho intramolecular Hbond substituents is 1. The molecule has 1 aliphatic heterocycles. The van der Waals surface area contributed by atoms with Crippen molar-refractivity contribution in [2.24, 2.45) is 0 Å². The van der Waals surface area contributed by atoms with Crippen LogP contribution in [0.3, 0.4) is 0 Å². The van der Waals surface area contributed by atoms with Crippen LogP contribution in [-0.4, -0.2) is 63.1 Å². The number of hydrogen-bond acceptors (Lipinski definition) is 7. The van der Waals surface area contributed by atoms with E-state index in [1.54, 1.807) is 29.4 Å². The van der Waals surface area contributed by atoms with Gasteiger partial charge in [0.25, 0.3) is 0 Å². The number of carbonyl (C=O) groups excluding carboxylic acids is 1. The molecular formula is C33H32N6O4. The number of benzene rings is 2. The highest BCUT2D eigenvalue weighted by atomic mass is 16.6. The number of carbonyl (C=O) groups is 1. The molecule has 0 radical (unpaired) electrons. The molecule has 0 unspecified atom stereocenters. The molecule has 1 fully saturated rings. The molecule has 4 heterocycles. The van der Waals surface area contributed by atoms with Crippen LogP contribution in [0.1, 0.15) is 26.3 Å². The van der Waals surface area contributed by atoms with Gasteiger partial charge >= 0.3 is 6.09 Å². The maximum atomic E-state index is 12.5. The molecule has 2 aromatic carbocycles. The quantitative estimate of drug-likeness (QED) is 0.218. The van der Waals surface area contributed by atoms with E-state index in [0.717, 1.165) is 16.8 Å². The molecule has 43 heavy (non-hydrogen) atoms. The number of furan rings is 1. The number of phenols is 1. The lowest BCUT2D eigenvalue weighted by atomic mass is 9.95. The zero-order valence-corrected chi connectivity index (χ0v) is 24.5. The largest absolute Gasteiger partial charge is 0.508 e. The first kappa shape index (κ1) is 27.8. The number of hydrogen-bond donors (Lipinski definition) is 2. The number of nitrogens with one attached hydrogen (secondary N) is 1. The normalized spacial score (nSPS) is 13.7. The number of rotatable bonds is 4. The van der Waals surface area contributed by atoms with E-state index in [1.807, 2.05) is 64.1 Å². The van der Waals surface area contributed by atoms with Crippen molar-refractivity contribution in [1.29, 1.82) is 0 Å². The highest BCUT2D eigenvalue weighted by Gasteiger charge is 2.27. The number of piperazine rings is 1. The van der Waals surface area contributed by atoms with Crippen LogP contribution >= 0.6 is 0 Å². The van der Waals surface area contributed by atoms with Crippen molar-refractivity contribution in [3.63, 3.8) is 0 Å². The van der Waals surface area contributed by atoms with Crippen LogP contribution in [0, 0.1) is 13.5 Å². The van der Waals surface area contributed by atoms with Crippen LogP contribution in [0.15, 0.2) is 65.3 Å². The SMILES string of the molecule is [C-]#[N+]c1c(-c2ccc(O)c(C)c2)nc2[nH]nc(-c3ccco3)c2c1-c1ccc(N2CCN(C(=O)OC(C)(C)C)CC2)cc1. The summed E-state index contributed by atoms with van der Waals surface area (Å²) in [5, 5.41) is 18.4. The summed E-state index contributed by atoms with van der Waals surface area (Å²) >= 11 is 0. The molecule has 1 saturated heterocycles. The lowest BCUT2D eigenvalue weighted by Gasteiger charge is -2.36. The van der Waals surface area contributed by atoms with Crippen molar-refractivity contribution < 1.29 is 19.1 Å². The summed E-state index contributed by atoms with van der Waals surface area (Å²) in [6.07, 6.45) is 1.30. The lowest BCUT2D eigenvalue weighted by Crippen LogP contribution is -2.50. The summed E-state index contributed by atoms with van der Waals surface area (Å²) in [5.74, 6) is 0.747. The van der Waals surface area contributed by atoms with E-state index in [0.29, 0.717) is 71.2 Å². The van der Waals surface area contributed by atoms with E-state index in [2.05, 4.69) is 19.9 Å². The molecular weight excluding hydrogens is 544 g/mol. The Morgan fingerprint density at radius 2 is 1.77 bits per heavy atom. The molecule has 1 aliphatic rings. The van der Waals surface area contributed by atoms with Gasteiger partial charge in [-0.25, -0.2) is 14.6 Å². The molecule has 2 N–H and O–H groups in total. The number of anilines is 1. The van der Waals surface area contributed by atoms with Gasteiger partial charge < -0.3 is 24.1 Å². The fourth-order valence-corrected chi connectivity index (χ4v) is 5.35. The first-order chi connectivity index (χ1) is 20.6. The predicted molar refractivity (Wildman–Crippen MR) is 165 cm³/mol. The van der Waals surface area contributed by atoms with Crippen molar-refractivity contribution in [3.05, 3.63) is 77.8 Å². The molecule has 5 aromatic rings. The van der Waals surface area contributed by atoms with Crippen LogP contribution in [0.5, 0.6) is 5.75 Å². The standard InChI is InChI=1S/C33H32N6O4/c1-20-19-22(10-13-24(20)40)28-30(34-5)26(27-29(25-7-6-18-42-25)36-37-31(27)35-28)21-8-11-23(12-9-21)38-14-16-39(17-15-38)32(41)43-33(2,3)4/h6-13,18-19,40H,14-17H2,1-4H3,(H,35,36,37). The summed E-state index contributed by atoms with van der Waals surface area (Å²) in [6, 6.07) is 16.9.